The molecule has 0 amide bonds. The number of rotatable bonds is 3. The molecule has 2 N–H and O–H groups in total. The van der Waals surface area contributed by atoms with Gasteiger partial charge in [0.05, 0.1) is 5.60 Å². The summed E-state index contributed by atoms with van der Waals surface area (Å²) in [6, 6.07) is 0. The van der Waals surface area contributed by atoms with Gasteiger partial charge in [0.1, 0.15) is 0 Å². The van der Waals surface area contributed by atoms with Gasteiger partial charge in [-0.05, 0) is 19.3 Å². The number of hydrogen-bond acceptors (Lipinski definition) is 1. The van der Waals surface area contributed by atoms with Gasteiger partial charge in [-0.1, -0.05) is 26.7 Å². The summed E-state index contributed by atoms with van der Waals surface area (Å²) in [7, 11) is 1.64. The van der Waals surface area contributed by atoms with Gasteiger partial charge in [-0.2, -0.15) is 0 Å². The highest BCUT2D eigenvalue weighted by molar-refractivity contribution is 6.34. The van der Waals surface area contributed by atoms with Crippen LogP contribution < -0.4 is 0 Å². The van der Waals surface area contributed by atoms with E-state index in [0.717, 1.165) is 0 Å². The Morgan fingerprint density at radius 1 is 1.17 bits per heavy atom. The molecule has 0 aromatic carbocycles. The molecule has 0 unspecified atom stereocenters. The van der Waals surface area contributed by atoms with E-state index in [1.165, 1.54) is 0 Å². The molecular formula is C9H20BO2. The second-order valence-electron chi connectivity index (χ2n) is 4.25. The fourth-order valence-electron chi connectivity index (χ4n) is 0.395. The predicted octanol–water partition coefficient (Wildman–Crippen LogP) is 1.77. The lowest BCUT2D eigenvalue weighted by molar-refractivity contribution is 0.00481. The Morgan fingerprint density at radius 2 is 1.58 bits per heavy atom. The van der Waals surface area contributed by atoms with Crippen LogP contribution in [0.4, 0.5) is 0 Å². The molecule has 0 aromatic heterocycles. The van der Waals surface area contributed by atoms with E-state index in [2.05, 4.69) is 41.2 Å². The van der Waals surface area contributed by atoms with Crippen LogP contribution >= 0.6 is 0 Å². The first-order chi connectivity index (χ1) is 4.81. The van der Waals surface area contributed by atoms with Crippen molar-refractivity contribution in [1.82, 2.24) is 0 Å². The van der Waals surface area contributed by atoms with E-state index < -0.39 is 0 Å². The average molecular weight is 171 g/mol. The second-order valence-corrected chi connectivity index (χ2v) is 4.25. The summed E-state index contributed by atoms with van der Waals surface area (Å²) in [4.78, 5) is 0. The normalized spacial score (nSPS) is 11.8. The van der Waals surface area contributed by atoms with Gasteiger partial charge >= 0.3 is 7.48 Å². The van der Waals surface area contributed by atoms with Gasteiger partial charge < -0.3 is 10.1 Å². The summed E-state index contributed by atoms with van der Waals surface area (Å²) in [5, 5.41) is 0. The highest BCUT2D eigenvalue weighted by Gasteiger charge is 2.32. The van der Waals surface area contributed by atoms with Crippen molar-refractivity contribution >= 4 is 7.48 Å². The van der Waals surface area contributed by atoms with Crippen molar-refractivity contribution in [3.8, 4) is 0 Å². The van der Waals surface area contributed by atoms with Crippen molar-refractivity contribution < 1.29 is 10.1 Å². The zero-order valence-electron chi connectivity index (χ0n) is 8.77. The maximum Gasteiger partial charge on any atom is 0.322 e. The first kappa shape index (κ1) is 14.3. The standard InChI is InChI=1S/C9H18BO.H2O/c1-7-10-11-9(5,6)8(2,3)4;/h7H,1H2,2-6H3;1H2. The van der Waals surface area contributed by atoms with Crippen molar-refractivity contribution in [3.05, 3.63) is 12.6 Å². The molecule has 0 bridgehead atoms. The van der Waals surface area contributed by atoms with Crippen LogP contribution in [0.3, 0.4) is 0 Å². The van der Waals surface area contributed by atoms with E-state index in [0.29, 0.717) is 0 Å². The Hall–Kier alpha value is -0.275. The van der Waals surface area contributed by atoms with Gasteiger partial charge in [-0.25, -0.2) is 0 Å². The lowest BCUT2D eigenvalue weighted by atomic mass is 9.77. The molecule has 0 fully saturated rings. The fourth-order valence-corrected chi connectivity index (χ4v) is 0.395. The SMILES string of the molecule is C=C[B]OC(C)(C)C(C)(C)C.O. The Balaban J connectivity index is 0. The van der Waals surface area contributed by atoms with Gasteiger partial charge in [0.15, 0.2) is 0 Å². The molecule has 1 radical (unpaired) electrons. The Bertz CT molecular complexity index is 136. The third-order valence-electron chi connectivity index (χ3n) is 2.27. The molecule has 0 aliphatic heterocycles. The summed E-state index contributed by atoms with van der Waals surface area (Å²) >= 11 is 0. The second kappa shape index (κ2) is 4.68. The molecule has 2 nitrogen and oxygen atoms in total. The first-order valence-corrected chi connectivity index (χ1v) is 3.93. The van der Waals surface area contributed by atoms with E-state index >= 15 is 0 Å². The van der Waals surface area contributed by atoms with Crippen LogP contribution in [0, 0.1) is 5.41 Å². The molecule has 0 aliphatic rings. The molecule has 0 spiro atoms. The van der Waals surface area contributed by atoms with Crippen LogP contribution in [0.5, 0.6) is 0 Å². The van der Waals surface area contributed by atoms with E-state index in [4.69, 9.17) is 4.65 Å². The lowest BCUT2D eigenvalue weighted by Crippen LogP contribution is -2.40. The molecule has 3 heteroatoms. The smallest absolute Gasteiger partial charge is 0.322 e. The minimum Gasteiger partial charge on any atom is -0.430 e. The maximum absolute atomic E-state index is 5.50. The molecule has 0 aromatic rings. The highest BCUT2D eigenvalue weighted by Crippen LogP contribution is 2.32. The minimum absolute atomic E-state index is 0. The molecule has 0 saturated carbocycles. The minimum atomic E-state index is -0.138. The Kier molecular flexibility index (Phi) is 5.56. The van der Waals surface area contributed by atoms with Crippen molar-refractivity contribution in [2.45, 2.75) is 40.2 Å². The summed E-state index contributed by atoms with van der Waals surface area (Å²) in [5.74, 6) is 1.66. The quantitative estimate of drug-likeness (QED) is 0.596. The van der Waals surface area contributed by atoms with Crippen molar-refractivity contribution in [3.63, 3.8) is 0 Å². The highest BCUT2D eigenvalue weighted by atomic mass is 16.5. The average Bonchev–Trinajstić information content (AvgIpc) is 1.81. The summed E-state index contributed by atoms with van der Waals surface area (Å²) < 4.78 is 5.50. The fraction of sp³-hybridized carbons (Fsp3) is 0.778. The molecule has 0 rings (SSSR count). The van der Waals surface area contributed by atoms with Gasteiger partial charge in [0.2, 0.25) is 0 Å². The van der Waals surface area contributed by atoms with Gasteiger partial charge in [0, 0.05) is 0 Å². The van der Waals surface area contributed by atoms with Crippen LogP contribution in [0.15, 0.2) is 12.6 Å². The maximum atomic E-state index is 5.50. The van der Waals surface area contributed by atoms with Crippen LogP contribution in [0.2, 0.25) is 0 Å². The zero-order chi connectivity index (χ0) is 9.12. The third-order valence-corrected chi connectivity index (χ3v) is 2.27. The van der Waals surface area contributed by atoms with E-state index in [9.17, 15) is 0 Å². The largest absolute Gasteiger partial charge is 0.430 e. The molecular weight excluding hydrogens is 151 g/mol. The van der Waals surface area contributed by atoms with Gasteiger partial charge in [-0.3, -0.25) is 0 Å². The summed E-state index contributed by atoms with van der Waals surface area (Å²) in [5.41, 5.74) is 0.00764. The lowest BCUT2D eigenvalue weighted by Gasteiger charge is -2.38. The molecule has 0 saturated heterocycles. The van der Waals surface area contributed by atoms with E-state index in [1.807, 2.05) is 0 Å². The van der Waals surface area contributed by atoms with E-state index in [1.54, 1.807) is 13.5 Å². The number of hydrogen-bond donors (Lipinski definition) is 0. The van der Waals surface area contributed by atoms with Crippen LogP contribution in [-0.4, -0.2) is 18.6 Å². The monoisotopic (exact) mass is 171 g/mol. The third kappa shape index (κ3) is 3.93. The summed E-state index contributed by atoms with van der Waals surface area (Å²) in [6.07, 6.45) is 0. The van der Waals surface area contributed by atoms with Crippen molar-refractivity contribution in [2.24, 2.45) is 5.41 Å². The van der Waals surface area contributed by atoms with Crippen LogP contribution in [0.1, 0.15) is 34.6 Å². The molecule has 12 heavy (non-hydrogen) atoms. The van der Waals surface area contributed by atoms with Crippen LogP contribution in [-0.2, 0) is 4.65 Å². The van der Waals surface area contributed by atoms with Crippen molar-refractivity contribution in [2.75, 3.05) is 0 Å². The zero-order valence-corrected chi connectivity index (χ0v) is 8.77. The molecule has 0 aliphatic carbocycles. The van der Waals surface area contributed by atoms with Gasteiger partial charge in [-0.15, -0.1) is 6.58 Å². The van der Waals surface area contributed by atoms with Gasteiger partial charge in [0.25, 0.3) is 0 Å². The molecule has 71 valence electrons. The predicted molar refractivity (Wildman–Crippen MR) is 54.2 cm³/mol. The van der Waals surface area contributed by atoms with E-state index in [-0.39, 0.29) is 16.5 Å². The summed E-state index contributed by atoms with van der Waals surface area (Å²) in [6.45, 7) is 14.2. The van der Waals surface area contributed by atoms with Crippen molar-refractivity contribution in [1.29, 1.82) is 0 Å². The molecule has 0 heterocycles. The Morgan fingerprint density at radius 3 is 1.83 bits per heavy atom. The Labute approximate surface area is 76.6 Å². The molecule has 0 atom stereocenters. The topological polar surface area (TPSA) is 40.7 Å². The first-order valence-electron chi connectivity index (χ1n) is 3.93. The van der Waals surface area contributed by atoms with Crippen LogP contribution in [0.25, 0.3) is 0 Å².